The van der Waals surface area contributed by atoms with Crippen LogP contribution >= 0.6 is 0 Å². The average Bonchev–Trinajstić information content (AvgIpc) is 2.92. The van der Waals surface area contributed by atoms with Crippen LogP contribution < -0.4 is 4.72 Å². The topological polar surface area (TPSA) is 96.6 Å². The SMILES string of the molecule is O=C(O)c1cccc(S(=O)(=O)NCCc2ccco2)c1. The zero-order valence-corrected chi connectivity index (χ0v) is 11.3. The summed E-state index contributed by atoms with van der Waals surface area (Å²) >= 11 is 0. The van der Waals surface area contributed by atoms with Crippen LogP contribution in [0.15, 0.2) is 52.0 Å². The molecule has 0 aliphatic carbocycles. The maximum atomic E-state index is 12.0. The van der Waals surface area contributed by atoms with Gasteiger partial charge in [0.05, 0.1) is 16.7 Å². The van der Waals surface area contributed by atoms with Crippen molar-refractivity contribution in [2.24, 2.45) is 0 Å². The number of hydrogen-bond donors (Lipinski definition) is 2. The van der Waals surface area contributed by atoms with Crippen molar-refractivity contribution in [3.05, 3.63) is 54.0 Å². The molecular formula is C13H13NO5S. The highest BCUT2D eigenvalue weighted by Gasteiger charge is 2.15. The summed E-state index contributed by atoms with van der Waals surface area (Å²) in [6, 6.07) is 8.67. The fourth-order valence-electron chi connectivity index (χ4n) is 1.64. The normalized spacial score (nSPS) is 11.4. The summed E-state index contributed by atoms with van der Waals surface area (Å²) in [5.74, 6) is -0.496. The van der Waals surface area contributed by atoms with Crippen molar-refractivity contribution in [2.75, 3.05) is 6.54 Å². The van der Waals surface area contributed by atoms with Gasteiger partial charge in [0.2, 0.25) is 10.0 Å². The number of hydrogen-bond acceptors (Lipinski definition) is 4. The summed E-state index contributed by atoms with van der Waals surface area (Å²) in [5, 5.41) is 8.85. The van der Waals surface area contributed by atoms with Crippen molar-refractivity contribution in [1.29, 1.82) is 0 Å². The quantitative estimate of drug-likeness (QED) is 0.841. The van der Waals surface area contributed by atoms with Gasteiger partial charge < -0.3 is 9.52 Å². The molecule has 2 rings (SSSR count). The summed E-state index contributed by atoms with van der Waals surface area (Å²) in [4.78, 5) is 10.7. The van der Waals surface area contributed by atoms with Gasteiger partial charge >= 0.3 is 5.97 Å². The molecular weight excluding hydrogens is 282 g/mol. The molecule has 0 saturated carbocycles. The molecule has 6 nitrogen and oxygen atoms in total. The average molecular weight is 295 g/mol. The van der Waals surface area contributed by atoms with Crippen LogP contribution in [-0.2, 0) is 16.4 Å². The number of carbonyl (C=O) groups is 1. The Bertz CT molecular complexity index is 691. The maximum absolute atomic E-state index is 12.0. The Kier molecular flexibility index (Phi) is 4.21. The number of carboxylic acids is 1. The number of furan rings is 1. The van der Waals surface area contributed by atoms with Gasteiger partial charge in [-0.05, 0) is 30.3 Å². The second kappa shape index (κ2) is 5.89. The minimum atomic E-state index is -3.72. The third-order valence-corrected chi connectivity index (χ3v) is 4.09. The van der Waals surface area contributed by atoms with E-state index >= 15 is 0 Å². The van der Waals surface area contributed by atoms with Gasteiger partial charge in [0.15, 0.2) is 0 Å². The van der Waals surface area contributed by atoms with Gasteiger partial charge in [-0.25, -0.2) is 17.9 Å². The van der Waals surface area contributed by atoms with Crippen molar-refractivity contribution in [3.63, 3.8) is 0 Å². The van der Waals surface area contributed by atoms with Crippen molar-refractivity contribution < 1.29 is 22.7 Å². The molecule has 0 spiro atoms. The van der Waals surface area contributed by atoms with Gasteiger partial charge in [-0.1, -0.05) is 6.07 Å². The highest BCUT2D eigenvalue weighted by Crippen LogP contribution is 2.11. The Labute approximate surface area is 116 Å². The molecule has 0 aliphatic rings. The van der Waals surface area contributed by atoms with E-state index in [1.807, 2.05) is 0 Å². The number of aromatic carboxylic acids is 1. The molecule has 0 bridgehead atoms. The van der Waals surface area contributed by atoms with Gasteiger partial charge in [-0.3, -0.25) is 0 Å². The first-order chi connectivity index (χ1) is 9.49. The summed E-state index contributed by atoms with van der Waals surface area (Å²) in [5.41, 5.74) is -0.0705. The van der Waals surface area contributed by atoms with Gasteiger partial charge in [0.25, 0.3) is 0 Å². The van der Waals surface area contributed by atoms with E-state index in [1.165, 1.54) is 24.5 Å². The van der Waals surface area contributed by atoms with Crippen molar-refractivity contribution in [2.45, 2.75) is 11.3 Å². The number of benzene rings is 1. The standard InChI is InChI=1S/C13H13NO5S/c15-13(16)10-3-1-5-12(9-10)20(17,18)14-7-6-11-4-2-8-19-11/h1-5,8-9,14H,6-7H2,(H,15,16). The first kappa shape index (κ1) is 14.3. The summed E-state index contributed by atoms with van der Waals surface area (Å²) in [6.07, 6.45) is 1.94. The molecule has 1 aromatic carbocycles. The fraction of sp³-hybridized carbons (Fsp3) is 0.154. The van der Waals surface area contributed by atoms with Crippen LogP contribution in [0.5, 0.6) is 0 Å². The highest BCUT2D eigenvalue weighted by molar-refractivity contribution is 7.89. The molecule has 1 heterocycles. The van der Waals surface area contributed by atoms with E-state index in [1.54, 1.807) is 12.1 Å². The Morgan fingerprint density at radius 2 is 2.05 bits per heavy atom. The Balaban J connectivity index is 2.06. The van der Waals surface area contributed by atoms with Crippen LogP contribution in [-0.4, -0.2) is 26.0 Å². The molecule has 106 valence electrons. The van der Waals surface area contributed by atoms with E-state index in [-0.39, 0.29) is 17.0 Å². The van der Waals surface area contributed by atoms with Crippen molar-refractivity contribution in [3.8, 4) is 0 Å². The summed E-state index contributed by atoms with van der Waals surface area (Å²) in [7, 11) is -3.72. The molecule has 0 saturated heterocycles. The van der Waals surface area contributed by atoms with E-state index in [0.29, 0.717) is 12.2 Å². The largest absolute Gasteiger partial charge is 0.478 e. The van der Waals surface area contributed by atoms with Crippen molar-refractivity contribution >= 4 is 16.0 Å². The zero-order chi connectivity index (χ0) is 14.6. The van der Waals surface area contributed by atoms with E-state index < -0.39 is 16.0 Å². The molecule has 2 N–H and O–H groups in total. The lowest BCUT2D eigenvalue weighted by atomic mass is 10.2. The summed E-state index contributed by atoms with van der Waals surface area (Å²) < 4.78 is 31.5. The number of sulfonamides is 1. The smallest absolute Gasteiger partial charge is 0.335 e. The van der Waals surface area contributed by atoms with Crippen LogP contribution in [0, 0.1) is 0 Å². The first-order valence-electron chi connectivity index (χ1n) is 5.84. The van der Waals surface area contributed by atoms with Crippen LogP contribution in [0.1, 0.15) is 16.1 Å². The predicted molar refractivity (Wildman–Crippen MR) is 71.0 cm³/mol. The molecule has 0 radical (unpaired) electrons. The van der Waals surface area contributed by atoms with Crippen LogP contribution in [0.25, 0.3) is 0 Å². The minimum absolute atomic E-state index is 0.0705. The maximum Gasteiger partial charge on any atom is 0.335 e. The molecule has 2 aromatic rings. The molecule has 0 aliphatic heterocycles. The third-order valence-electron chi connectivity index (χ3n) is 2.63. The lowest BCUT2D eigenvalue weighted by Gasteiger charge is -2.06. The van der Waals surface area contributed by atoms with Gasteiger partial charge in [-0.2, -0.15) is 0 Å². The minimum Gasteiger partial charge on any atom is -0.478 e. The molecule has 7 heteroatoms. The predicted octanol–water partition coefficient (Wildman–Crippen LogP) is 1.50. The molecule has 0 atom stereocenters. The first-order valence-corrected chi connectivity index (χ1v) is 7.33. The van der Waals surface area contributed by atoms with Crippen LogP contribution in [0.4, 0.5) is 0 Å². The fourth-order valence-corrected chi connectivity index (χ4v) is 2.72. The van der Waals surface area contributed by atoms with Gasteiger partial charge in [0, 0.05) is 13.0 Å². The lowest BCUT2D eigenvalue weighted by Crippen LogP contribution is -2.26. The van der Waals surface area contributed by atoms with Crippen LogP contribution in [0.2, 0.25) is 0 Å². The van der Waals surface area contributed by atoms with E-state index in [2.05, 4.69) is 4.72 Å². The second-order valence-corrected chi connectivity index (χ2v) is 5.83. The van der Waals surface area contributed by atoms with Crippen molar-refractivity contribution in [1.82, 2.24) is 4.72 Å². The molecule has 0 amide bonds. The number of nitrogens with one attached hydrogen (secondary N) is 1. The highest BCUT2D eigenvalue weighted by atomic mass is 32.2. The Morgan fingerprint density at radius 1 is 1.25 bits per heavy atom. The molecule has 20 heavy (non-hydrogen) atoms. The zero-order valence-electron chi connectivity index (χ0n) is 10.4. The Hall–Kier alpha value is -2.12. The van der Waals surface area contributed by atoms with Gasteiger partial charge in [-0.15, -0.1) is 0 Å². The second-order valence-electron chi connectivity index (χ2n) is 4.06. The van der Waals surface area contributed by atoms with E-state index in [0.717, 1.165) is 6.07 Å². The third kappa shape index (κ3) is 3.46. The molecule has 0 fully saturated rings. The van der Waals surface area contributed by atoms with E-state index in [9.17, 15) is 13.2 Å². The van der Waals surface area contributed by atoms with Crippen LogP contribution in [0.3, 0.4) is 0 Å². The monoisotopic (exact) mass is 295 g/mol. The van der Waals surface area contributed by atoms with Gasteiger partial charge in [0.1, 0.15) is 5.76 Å². The molecule has 1 aromatic heterocycles. The van der Waals surface area contributed by atoms with E-state index in [4.69, 9.17) is 9.52 Å². The lowest BCUT2D eigenvalue weighted by molar-refractivity contribution is 0.0696. The number of rotatable bonds is 6. The summed E-state index contributed by atoms with van der Waals surface area (Å²) in [6.45, 7) is 0.174. The number of carboxylic acid groups (broad SMARTS) is 1. The Morgan fingerprint density at radius 3 is 2.70 bits per heavy atom. The molecule has 0 unspecified atom stereocenters.